The molecular weight excluding hydrogens is 333 g/mol. The van der Waals surface area contributed by atoms with Gasteiger partial charge < -0.3 is 0 Å². The largest absolute Gasteiger partial charge is 0 e. The minimum atomic E-state index is 0. The quantitative estimate of drug-likeness (QED) is 0.535. The molecule has 0 saturated carbocycles. The first-order valence-electron chi connectivity index (χ1n) is 0. The standard InChI is InChI=1S/Ba.O.Y.Zr. The fourth-order valence-corrected chi connectivity index (χ4v) is 0. The van der Waals surface area contributed by atoms with Gasteiger partial charge in [0, 0.05) is 113 Å². The van der Waals surface area contributed by atoms with E-state index in [0.29, 0.717) is 0 Å². The predicted molar refractivity (Wildman–Crippen MR) is 6.44 cm³/mol. The van der Waals surface area contributed by atoms with Crippen LogP contribution in [-0.2, 0) is 64.4 Å². The average Bonchev–Trinajstić information content (AvgIpc) is 0. The summed E-state index contributed by atoms with van der Waals surface area (Å²) in [6, 6.07) is 0. The van der Waals surface area contributed by atoms with Gasteiger partial charge in [-0.3, -0.25) is 0 Å². The Morgan fingerprint density at radius 1 is 1.00 bits per heavy atom. The summed E-state index contributed by atoms with van der Waals surface area (Å²) in [5, 5.41) is 0. The van der Waals surface area contributed by atoms with Crippen LogP contribution >= 0.6 is 0 Å². The van der Waals surface area contributed by atoms with E-state index in [1.807, 2.05) is 0 Å². The minimum absolute atomic E-state index is 0. The van der Waals surface area contributed by atoms with Gasteiger partial charge in [0.2, 0.25) is 0 Å². The van der Waals surface area contributed by atoms with E-state index in [1.54, 1.807) is 0 Å². The van der Waals surface area contributed by atoms with E-state index >= 15 is 0 Å². The summed E-state index contributed by atoms with van der Waals surface area (Å²) in [4.78, 5) is 0. The maximum Gasteiger partial charge on any atom is 0 e. The normalized spacial score (nSPS) is 0. The Hall–Kier alpha value is 3.52. The Balaban J connectivity index is 0. The molecule has 0 atom stereocenters. The Kier molecular flexibility index (Phi) is 103. The summed E-state index contributed by atoms with van der Waals surface area (Å²) < 4.78 is 0. The molecule has 0 spiro atoms. The van der Waals surface area contributed by atoms with Crippen LogP contribution in [0.25, 0.3) is 0 Å². The van der Waals surface area contributed by atoms with Crippen LogP contribution in [-0.4, -0.2) is 48.9 Å². The van der Waals surface area contributed by atoms with E-state index in [-0.39, 0.29) is 113 Å². The first-order valence-corrected chi connectivity index (χ1v) is 0. The van der Waals surface area contributed by atoms with Gasteiger partial charge in [-0.15, -0.1) is 0 Å². The van der Waals surface area contributed by atoms with E-state index in [9.17, 15) is 0 Å². The van der Waals surface area contributed by atoms with Crippen molar-refractivity contribution >= 4 is 48.9 Å². The molecule has 0 fully saturated rings. The third-order valence-corrected chi connectivity index (χ3v) is 0. The van der Waals surface area contributed by atoms with Crippen molar-refractivity contribution in [2.75, 3.05) is 0 Å². The fourth-order valence-electron chi connectivity index (χ4n) is 0. The van der Waals surface area contributed by atoms with Gasteiger partial charge in [-0.1, -0.05) is 0 Å². The molecule has 5 radical (unpaired) electrons. The molecule has 4 heavy (non-hydrogen) atoms. The zero-order valence-electron chi connectivity index (χ0n) is 2.19. The molecule has 0 aliphatic carbocycles. The van der Waals surface area contributed by atoms with E-state index in [0.717, 1.165) is 0 Å². The molecule has 0 unspecified atom stereocenters. The molecule has 0 aromatic heterocycles. The SMILES string of the molecule is [Ba].[O].[Y].[Zr]. The van der Waals surface area contributed by atoms with E-state index < -0.39 is 0 Å². The third kappa shape index (κ3) is 9.10. The topological polar surface area (TPSA) is 28.5 Å². The van der Waals surface area contributed by atoms with Gasteiger partial charge in [0.1, 0.15) is 0 Å². The third-order valence-electron chi connectivity index (χ3n) is 0. The van der Waals surface area contributed by atoms with Crippen molar-refractivity contribution in [2.45, 2.75) is 0 Å². The number of hydrogen-bond acceptors (Lipinski definition) is 0. The summed E-state index contributed by atoms with van der Waals surface area (Å²) in [5.74, 6) is 0. The monoisotopic (exact) mass is 333 g/mol. The first-order chi connectivity index (χ1) is 0. The second-order valence-corrected chi connectivity index (χ2v) is 0. The summed E-state index contributed by atoms with van der Waals surface area (Å²) in [6.45, 7) is 0. The molecule has 0 rings (SSSR count). The van der Waals surface area contributed by atoms with Crippen LogP contribution in [0.5, 0.6) is 0 Å². The molecule has 0 aromatic rings. The van der Waals surface area contributed by atoms with Gasteiger partial charge >= 0.3 is 0 Å². The fraction of sp³-hybridized carbons (Fsp3) is 0. The molecule has 0 N–H and O–H groups in total. The molecule has 1 nitrogen and oxygen atoms in total. The maximum atomic E-state index is 0. The Labute approximate surface area is 110 Å². The van der Waals surface area contributed by atoms with Crippen LogP contribution in [0.4, 0.5) is 0 Å². The second kappa shape index (κ2) is 16.0. The molecule has 0 aliphatic heterocycles. The van der Waals surface area contributed by atoms with Crippen LogP contribution in [0.15, 0.2) is 0 Å². The molecule has 0 amide bonds. The van der Waals surface area contributed by atoms with Crippen molar-refractivity contribution in [1.82, 2.24) is 0 Å². The van der Waals surface area contributed by atoms with Crippen molar-refractivity contribution in [3.8, 4) is 0 Å². The summed E-state index contributed by atoms with van der Waals surface area (Å²) in [6.07, 6.45) is 0. The van der Waals surface area contributed by atoms with Crippen LogP contribution in [0.1, 0.15) is 0 Å². The second-order valence-electron chi connectivity index (χ2n) is 0. The van der Waals surface area contributed by atoms with Gasteiger partial charge in [-0.05, 0) is 0 Å². The van der Waals surface area contributed by atoms with Crippen molar-refractivity contribution in [3.05, 3.63) is 0 Å². The van der Waals surface area contributed by atoms with Crippen molar-refractivity contribution < 1.29 is 64.4 Å². The molecule has 0 aromatic carbocycles. The average molecular weight is 333 g/mol. The smallest absolute Gasteiger partial charge is 0 e. The van der Waals surface area contributed by atoms with Crippen molar-refractivity contribution in [2.24, 2.45) is 0 Å². The van der Waals surface area contributed by atoms with E-state index in [2.05, 4.69) is 0 Å². The van der Waals surface area contributed by atoms with Gasteiger partial charge in [0.05, 0.1) is 0 Å². The number of rotatable bonds is 0. The predicted octanol–water partition coefficient (Wildman–Crippen LogP) is -0.505. The maximum absolute atomic E-state index is 0. The van der Waals surface area contributed by atoms with Crippen LogP contribution in [0.2, 0.25) is 0 Å². The van der Waals surface area contributed by atoms with Gasteiger partial charge in [0.25, 0.3) is 0 Å². The van der Waals surface area contributed by atoms with Gasteiger partial charge in [-0.2, -0.15) is 0 Å². The Morgan fingerprint density at radius 2 is 1.00 bits per heavy atom. The molecule has 4 heteroatoms. The van der Waals surface area contributed by atoms with Gasteiger partial charge in [-0.25, -0.2) is 0 Å². The van der Waals surface area contributed by atoms with Crippen LogP contribution in [0, 0.1) is 0 Å². The Bertz CT molecular complexity index is 8.00. The molecule has 0 saturated heterocycles. The van der Waals surface area contributed by atoms with Crippen LogP contribution in [0.3, 0.4) is 0 Å². The Morgan fingerprint density at radius 3 is 1.00 bits per heavy atom. The zero-order valence-corrected chi connectivity index (χ0v) is 11.9. The molecule has 0 aliphatic rings. The van der Waals surface area contributed by atoms with E-state index in [1.165, 1.54) is 0 Å². The molecule has 0 bridgehead atoms. The minimum Gasteiger partial charge on any atom is 0 e. The summed E-state index contributed by atoms with van der Waals surface area (Å²) in [7, 11) is 0. The summed E-state index contributed by atoms with van der Waals surface area (Å²) in [5.41, 5.74) is 0. The molecular formula is BaOYZr. The van der Waals surface area contributed by atoms with Crippen molar-refractivity contribution in [1.29, 1.82) is 0 Å². The van der Waals surface area contributed by atoms with Crippen molar-refractivity contribution in [3.63, 3.8) is 0 Å². The zero-order chi connectivity index (χ0) is 0. The first kappa shape index (κ1) is 25.8. The summed E-state index contributed by atoms with van der Waals surface area (Å²) >= 11 is 0. The van der Waals surface area contributed by atoms with Gasteiger partial charge in [0.15, 0.2) is 0 Å². The van der Waals surface area contributed by atoms with Crippen LogP contribution < -0.4 is 0 Å². The molecule has 15 valence electrons. The number of hydrogen-bond donors (Lipinski definition) is 0. The molecule has 0 heterocycles. The van der Waals surface area contributed by atoms with E-state index in [4.69, 9.17) is 0 Å².